The van der Waals surface area contributed by atoms with Gasteiger partial charge in [-0.15, -0.1) is 0 Å². The lowest BCUT2D eigenvalue weighted by molar-refractivity contribution is -0.131. The van der Waals surface area contributed by atoms with E-state index in [1.54, 1.807) is 0 Å². The zero-order valence-electron chi connectivity index (χ0n) is 23.5. The number of nitrogens with zero attached hydrogens (tertiary/aromatic N) is 1. The zero-order valence-corrected chi connectivity index (χ0v) is 23.5. The lowest BCUT2D eigenvalue weighted by Crippen LogP contribution is -2.34. The number of benzene rings is 1. The number of primary amides is 1. The fraction of sp³-hybridized carbons (Fsp3) is 0.567. The van der Waals surface area contributed by atoms with Crippen molar-refractivity contribution in [1.29, 1.82) is 0 Å². The molecule has 3 unspecified atom stereocenters. The van der Waals surface area contributed by atoms with Gasteiger partial charge in [-0.3, -0.25) is 14.4 Å². The standard InChI is InChI=1S/C30H42N2O7/c1-17-10-22(39-18(17)2)7-5-6-21-14-25(32(3)4)23-12-19(13-27(36)29(23)30(21)38)11-20(8-9-33)24(16-34)26(35)15-28(31)37/h10,14,19-20,24,33-34,38H,5-9,11-13,15-16H2,1-4H3,(H2,31,37). The summed E-state index contributed by atoms with van der Waals surface area (Å²) in [5.74, 6) is -0.937. The van der Waals surface area contributed by atoms with E-state index >= 15 is 0 Å². The van der Waals surface area contributed by atoms with Gasteiger partial charge < -0.3 is 30.4 Å². The lowest BCUT2D eigenvalue weighted by atomic mass is 9.73. The van der Waals surface area contributed by atoms with Crippen LogP contribution in [0.2, 0.25) is 0 Å². The van der Waals surface area contributed by atoms with Gasteiger partial charge in [-0.25, -0.2) is 0 Å². The summed E-state index contributed by atoms with van der Waals surface area (Å²) in [5.41, 5.74) is 9.01. The monoisotopic (exact) mass is 542 g/mol. The second kappa shape index (κ2) is 13.3. The minimum atomic E-state index is -0.841. The molecule has 3 rings (SSSR count). The number of fused-ring (bicyclic) bond motifs is 1. The highest BCUT2D eigenvalue weighted by Gasteiger charge is 2.36. The van der Waals surface area contributed by atoms with E-state index in [0.717, 1.165) is 46.7 Å². The second-order valence-electron chi connectivity index (χ2n) is 11.1. The summed E-state index contributed by atoms with van der Waals surface area (Å²) in [4.78, 5) is 39.2. The number of furan rings is 1. The summed E-state index contributed by atoms with van der Waals surface area (Å²) in [5, 5.41) is 30.7. The molecule has 1 aliphatic carbocycles. The average molecular weight is 543 g/mol. The molecule has 0 fully saturated rings. The Hall–Kier alpha value is -3.17. The molecule has 1 amide bonds. The molecule has 1 aliphatic rings. The highest BCUT2D eigenvalue weighted by Crippen LogP contribution is 2.42. The van der Waals surface area contributed by atoms with Crippen LogP contribution in [0.3, 0.4) is 0 Å². The maximum absolute atomic E-state index is 13.4. The number of rotatable bonds is 14. The number of amides is 1. The van der Waals surface area contributed by atoms with Crippen LogP contribution in [-0.2, 0) is 28.9 Å². The quantitative estimate of drug-likeness (QED) is 0.266. The molecule has 1 heterocycles. The predicted molar refractivity (Wildman–Crippen MR) is 148 cm³/mol. The Morgan fingerprint density at radius 2 is 1.87 bits per heavy atom. The fourth-order valence-electron chi connectivity index (χ4n) is 5.86. The number of Topliss-reactive ketones (excluding diaryl/α,β-unsaturated/α-hetero) is 2. The van der Waals surface area contributed by atoms with E-state index in [9.17, 15) is 29.7 Å². The summed E-state index contributed by atoms with van der Waals surface area (Å²) in [6, 6.07) is 3.98. The summed E-state index contributed by atoms with van der Waals surface area (Å²) in [6.07, 6.45) is 2.97. The summed E-state index contributed by atoms with van der Waals surface area (Å²) in [6.45, 7) is 3.30. The molecule has 0 radical (unpaired) electrons. The number of aromatic hydroxyl groups is 1. The molecule has 1 aromatic carbocycles. The molecule has 0 saturated heterocycles. The lowest BCUT2D eigenvalue weighted by Gasteiger charge is -2.33. The van der Waals surface area contributed by atoms with Crippen LogP contribution in [0, 0.1) is 31.6 Å². The van der Waals surface area contributed by atoms with Crippen molar-refractivity contribution in [2.24, 2.45) is 23.5 Å². The topological polar surface area (TPSA) is 154 Å². The first-order chi connectivity index (χ1) is 18.5. The molecule has 0 spiro atoms. The van der Waals surface area contributed by atoms with Gasteiger partial charge in [0, 0.05) is 45.1 Å². The summed E-state index contributed by atoms with van der Waals surface area (Å²) >= 11 is 0. The van der Waals surface area contributed by atoms with Crippen LogP contribution in [0.15, 0.2) is 16.5 Å². The Morgan fingerprint density at radius 3 is 2.44 bits per heavy atom. The van der Waals surface area contributed by atoms with Crippen LogP contribution in [-0.4, -0.2) is 60.1 Å². The second-order valence-corrected chi connectivity index (χ2v) is 11.1. The maximum Gasteiger partial charge on any atom is 0.224 e. The van der Waals surface area contributed by atoms with Crippen LogP contribution < -0.4 is 10.6 Å². The van der Waals surface area contributed by atoms with Crippen molar-refractivity contribution in [2.45, 2.75) is 65.2 Å². The van der Waals surface area contributed by atoms with Crippen molar-refractivity contribution in [3.8, 4) is 5.75 Å². The van der Waals surface area contributed by atoms with Crippen LogP contribution in [0.25, 0.3) is 0 Å². The number of aryl methyl sites for hydroxylation is 4. The molecule has 0 saturated carbocycles. The highest BCUT2D eigenvalue weighted by atomic mass is 16.3. The molecular formula is C30H42N2O7. The van der Waals surface area contributed by atoms with Crippen molar-refractivity contribution in [2.75, 3.05) is 32.2 Å². The van der Waals surface area contributed by atoms with E-state index in [0.29, 0.717) is 24.8 Å². The number of phenolic OH excluding ortho intramolecular Hbond substituents is 1. The normalized spacial score (nSPS) is 16.6. The number of hydrogen-bond donors (Lipinski definition) is 4. The van der Waals surface area contributed by atoms with E-state index in [1.807, 2.05) is 45.0 Å². The smallest absolute Gasteiger partial charge is 0.224 e. The van der Waals surface area contributed by atoms with Crippen LogP contribution in [0.1, 0.15) is 70.7 Å². The van der Waals surface area contributed by atoms with Gasteiger partial charge >= 0.3 is 0 Å². The summed E-state index contributed by atoms with van der Waals surface area (Å²) < 4.78 is 5.77. The third-order valence-corrected chi connectivity index (χ3v) is 7.94. The van der Waals surface area contributed by atoms with E-state index in [4.69, 9.17) is 10.2 Å². The zero-order chi connectivity index (χ0) is 28.9. The third kappa shape index (κ3) is 7.28. The fourth-order valence-corrected chi connectivity index (χ4v) is 5.86. The Kier molecular flexibility index (Phi) is 10.3. The largest absolute Gasteiger partial charge is 0.507 e. The van der Waals surface area contributed by atoms with Crippen molar-refractivity contribution in [3.63, 3.8) is 0 Å². The van der Waals surface area contributed by atoms with Gasteiger partial charge in [0.15, 0.2) is 5.78 Å². The average Bonchev–Trinajstić information content (AvgIpc) is 3.16. The number of aliphatic hydroxyl groups excluding tert-OH is 2. The van der Waals surface area contributed by atoms with E-state index in [2.05, 4.69) is 0 Å². The number of anilines is 1. The molecule has 39 heavy (non-hydrogen) atoms. The third-order valence-electron chi connectivity index (χ3n) is 7.94. The van der Waals surface area contributed by atoms with E-state index in [1.165, 1.54) is 0 Å². The maximum atomic E-state index is 13.4. The molecule has 5 N–H and O–H groups in total. The van der Waals surface area contributed by atoms with Crippen molar-refractivity contribution in [3.05, 3.63) is 45.9 Å². The van der Waals surface area contributed by atoms with Crippen molar-refractivity contribution in [1.82, 2.24) is 0 Å². The number of ketones is 2. The molecule has 214 valence electrons. The Labute approximate surface area is 230 Å². The van der Waals surface area contributed by atoms with Crippen molar-refractivity contribution >= 4 is 23.2 Å². The number of carbonyl (C=O) groups is 3. The molecule has 0 aliphatic heterocycles. The molecule has 1 aromatic heterocycles. The highest BCUT2D eigenvalue weighted by molar-refractivity contribution is 6.03. The van der Waals surface area contributed by atoms with Gasteiger partial charge in [0.05, 0.1) is 18.6 Å². The Bertz CT molecular complexity index is 1180. The first-order valence-electron chi connectivity index (χ1n) is 13.6. The van der Waals surface area contributed by atoms with Gasteiger partial charge in [0.25, 0.3) is 0 Å². The SMILES string of the molecule is Cc1cc(CCCc2cc(N(C)C)c3c(c2O)C(=O)CC(CC(CCO)C(CO)C(=O)CC(N)=O)C3)oc1C. The van der Waals surface area contributed by atoms with Gasteiger partial charge in [-0.05, 0) is 86.6 Å². The summed E-state index contributed by atoms with van der Waals surface area (Å²) in [7, 11) is 3.80. The van der Waals surface area contributed by atoms with Crippen molar-refractivity contribution < 1.29 is 34.1 Å². The van der Waals surface area contributed by atoms with E-state index < -0.39 is 36.6 Å². The van der Waals surface area contributed by atoms with Crippen LogP contribution >= 0.6 is 0 Å². The number of aliphatic hydroxyl groups is 2. The number of carbonyl (C=O) groups excluding carboxylic acids is 3. The number of phenols is 1. The Balaban J connectivity index is 1.83. The molecule has 9 heteroatoms. The molecule has 2 aromatic rings. The molecule has 0 bridgehead atoms. The van der Waals surface area contributed by atoms with Gasteiger partial charge in [-0.1, -0.05) is 0 Å². The number of hydrogen-bond acceptors (Lipinski definition) is 8. The first-order valence-corrected chi connectivity index (χ1v) is 13.6. The minimum absolute atomic E-state index is 0.0302. The van der Waals surface area contributed by atoms with Gasteiger partial charge in [0.1, 0.15) is 23.1 Å². The molecular weight excluding hydrogens is 500 g/mol. The predicted octanol–water partition coefficient (Wildman–Crippen LogP) is 3.03. The van der Waals surface area contributed by atoms with E-state index in [-0.39, 0.29) is 36.9 Å². The van der Waals surface area contributed by atoms with Gasteiger partial charge in [0.2, 0.25) is 5.91 Å². The van der Waals surface area contributed by atoms with Crippen LogP contribution in [0.5, 0.6) is 5.75 Å². The number of nitrogens with two attached hydrogens (primary N) is 1. The van der Waals surface area contributed by atoms with Gasteiger partial charge in [-0.2, -0.15) is 0 Å². The molecule has 9 nitrogen and oxygen atoms in total. The van der Waals surface area contributed by atoms with Crippen LogP contribution in [0.4, 0.5) is 5.69 Å². The molecule has 3 atom stereocenters. The Morgan fingerprint density at radius 1 is 1.15 bits per heavy atom. The minimum Gasteiger partial charge on any atom is -0.507 e. The first kappa shape index (κ1) is 30.4.